The normalized spacial score (nSPS) is 23.3. The first kappa shape index (κ1) is 14.2. The van der Waals surface area contributed by atoms with Crippen LogP contribution in [0.2, 0.25) is 0 Å². The summed E-state index contributed by atoms with van der Waals surface area (Å²) in [5.74, 6) is 2.17. The minimum atomic E-state index is 0.0917. The molecule has 0 aromatic heterocycles. The van der Waals surface area contributed by atoms with E-state index in [1.807, 2.05) is 25.2 Å². The number of nitrogens with two attached hydrogens (primary N) is 1. The summed E-state index contributed by atoms with van der Waals surface area (Å²) in [5.41, 5.74) is 6.83. The molecule has 0 saturated heterocycles. The number of carbonyl (C=O) groups excluding carboxylic acids is 1. The zero-order valence-corrected chi connectivity index (χ0v) is 12.4. The van der Waals surface area contributed by atoms with E-state index in [-0.39, 0.29) is 18.6 Å². The van der Waals surface area contributed by atoms with Gasteiger partial charge in [-0.3, -0.25) is 4.79 Å². The van der Waals surface area contributed by atoms with Crippen molar-refractivity contribution in [2.24, 2.45) is 17.6 Å². The van der Waals surface area contributed by atoms with Crippen LogP contribution < -0.4 is 15.2 Å². The van der Waals surface area contributed by atoms with Crippen LogP contribution >= 0.6 is 0 Å². The van der Waals surface area contributed by atoms with Crippen LogP contribution in [0, 0.1) is 11.8 Å². The van der Waals surface area contributed by atoms with E-state index in [0.717, 1.165) is 36.3 Å². The van der Waals surface area contributed by atoms with Gasteiger partial charge in [0, 0.05) is 19.5 Å². The van der Waals surface area contributed by atoms with E-state index in [9.17, 15) is 4.79 Å². The third-order valence-electron chi connectivity index (χ3n) is 4.51. The van der Waals surface area contributed by atoms with Crippen LogP contribution in [0.4, 0.5) is 0 Å². The molecule has 1 saturated carbocycles. The Morgan fingerprint density at radius 1 is 1.33 bits per heavy atom. The molecule has 1 aliphatic heterocycles. The highest BCUT2D eigenvalue weighted by Crippen LogP contribution is 2.34. The summed E-state index contributed by atoms with van der Waals surface area (Å²) in [6.45, 7) is 1.46. The predicted octanol–water partition coefficient (Wildman–Crippen LogP) is 1.75. The first-order valence-electron chi connectivity index (χ1n) is 7.52. The molecule has 0 unspecified atom stereocenters. The fourth-order valence-corrected chi connectivity index (χ4v) is 3.32. The Kier molecular flexibility index (Phi) is 4.01. The van der Waals surface area contributed by atoms with Crippen LogP contribution in [-0.4, -0.2) is 31.2 Å². The summed E-state index contributed by atoms with van der Waals surface area (Å²) in [5, 5.41) is 0. The van der Waals surface area contributed by atoms with E-state index in [2.05, 4.69) is 0 Å². The third kappa shape index (κ3) is 2.83. The molecule has 0 bridgehead atoms. The Morgan fingerprint density at radius 3 is 2.95 bits per heavy atom. The highest BCUT2D eigenvalue weighted by molar-refractivity contribution is 5.79. The number of carbonyl (C=O) groups is 1. The highest BCUT2D eigenvalue weighted by Gasteiger charge is 2.33. The SMILES string of the molecule is CN(Cc1ccc2c(c1)OCO2)C(=O)[C@@H]1CCC[C@@H]1CN. The quantitative estimate of drug-likeness (QED) is 0.917. The molecule has 1 aliphatic carbocycles. The molecule has 1 aromatic carbocycles. The maximum absolute atomic E-state index is 12.6. The number of hydrogen-bond donors (Lipinski definition) is 1. The van der Waals surface area contributed by atoms with E-state index in [1.165, 1.54) is 0 Å². The standard InChI is InChI=1S/C16H22N2O3/c1-18(16(19)13-4-2-3-12(13)8-17)9-11-5-6-14-15(7-11)21-10-20-14/h5-7,12-13H,2-4,8-10,17H2,1H3/t12-,13-/m1/s1. The van der Waals surface area contributed by atoms with Gasteiger partial charge in [0.2, 0.25) is 12.7 Å². The van der Waals surface area contributed by atoms with Crippen LogP contribution in [0.25, 0.3) is 0 Å². The maximum Gasteiger partial charge on any atom is 0.231 e. The van der Waals surface area contributed by atoms with Crippen LogP contribution in [0.1, 0.15) is 24.8 Å². The number of fused-ring (bicyclic) bond motifs is 1. The summed E-state index contributed by atoms with van der Waals surface area (Å²) in [4.78, 5) is 14.4. The van der Waals surface area contributed by atoms with E-state index in [1.54, 1.807) is 4.90 Å². The lowest BCUT2D eigenvalue weighted by Crippen LogP contribution is -2.36. The Labute approximate surface area is 125 Å². The molecule has 2 aliphatic rings. The number of benzene rings is 1. The first-order chi connectivity index (χ1) is 10.2. The highest BCUT2D eigenvalue weighted by atomic mass is 16.7. The van der Waals surface area contributed by atoms with Crippen LogP contribution in [0.3, 0.4) is 0 Å². The fraction of sp³-hybridized carbons (Fsp3) is 0.562. The smallest absolute Gasteiger partial charge is 0.231 e. The topological polar surface area (TPSA) is 64.8 Å². The second kappa shape index (κ2) is 5.93. The molecule has 114 valence electrons. The van der Waals surface area contributed by atoms with Crippen molar-refractivity contribution >= 4 is 5.91 Å². The average molecular weight is 290 g/mol. The van der Waals surface area contributed by atoms with Crippen molar-refractivity contribution in [1.82, 2.24) is 4.90 Å². The molecule has 2 atom stereocenters. The maximum atomic E-state index is 12.6. The van der Waals surface area contributed by atoms with Crippen LogP contribution in [0.15, 0.2) is 18.2 Å². The van der Waals surface area contributed by atoms with Gasteiger partial charge in [-0.15, -0.1) is 0 Å². The molecule has 3 rings (SSSR count). The number of hydrogen-bond acceptors (Lipinski definition) is 4. The number of ether oxygens (including phenoxy) is 2. The lowest BCUT2D eigenvalue weighted by Gasteiger charge is -2.24. The number of nitrogens with zero attached hydrogens (tertiary/aromatic N) is 1. The Hall–Kier alpha value is -1.75. The van der Waals surface area contributed by atoms with Crippen LogP contribution in [-0.2, 0) is 11.3 Å². The van der Waals surface area contributed by atoms with Gasteiger partial charge in [-0.25, -0.2) is 0 Å². The largest absolute Gasteiger partial charge is 0.454 e. The monoisotopic (exact) mass is 290 g/mol. The second-order valence-corrected chi connectivity index (χ2v) is 5.92. The first-order valence-corrected chi connectivity index (χ1v) is 7.52. The van der Waals surface area contributed by atoms with Gasteiger partial charge in [0.25, 0.3) is 0 Å². The molecule has 0 radical (unpaired) electrons. The zero-order chi connectivity index (χ0) is 14.8. The van der Waals surface area contributed by atoms with Crippen molar-refractivity contribution in [2.45, 2.75) is 25.8 Å². The fourth-order valence-electron chi connectivity index (χ4n) is 3.32. The second-order valence-electron chi connectivity index (χ2n) is 5.92. The van der Waals surface area contributed by atoms with Gasteiger partial charge in [0.1, 0.15) is 0 Å². The van der Waals surface area contributed by atoms with Crippen LogP contribution in [0.5, 0.6) is 11.5 Å². The molecule has 2 N–H and O–H groups in total. The Bertz CT molecular complexity index is 532. The van der Waals surface area contributed by atoms with Gasteiger partial charge < -0.3 is 20.1 Å². The molecule has 5 heteroatoms. The summed E-state index contributed by atoms with van der Waals surface area (Å²) < 4.78 is 10.7. The summed E-state index contributed by atoms with van der Waals surface area (Å²) in [7, 11) is 1.86. The van der Waals surface area contributed by atoms with E-state index in [4.69, 9.17) is 15.2 Å². The molecule has 1 aromatic rings. The number of rotatable bonds is 4. The predicted molar refractivity (Wildman–Crippen MR) is 78.9 cm³/mol. The minimum Gasteiger partial charge on any atom is -0.454 e. The van der Waals surface area contributed by atoms with Crippen molar-refractivity contribution in [2.75, 3.05) is 20.4 Å². The average Bonchev–Trinajstić information content (AvgIpc) is 3.14. The Balaban J connectivity index is 1.65. The van der Waals surface area contributed by atoms with Gasteiger partial charge in [0.15, 0.2) is 11.5 Å². The molecular formula is C16H22N2O3. The van der Waals surface area contributed by atoms with Crippen molar-refractivity contribution in [1.29, 1.82) is 0 Å². The van der Waals surface area contributed by atoms with Crippen molar-refractivity contribution in [3.63, 3.8) is 0 Å². The lowest BCUT2D eigenvalue weighted by molar-refractivity contribution is -0.135. The zero-order valence-electron chi connectivity index (χ0n) is 12.4. The van der Waals surface area contributed by atoms with Gasteiger partial charge >= 0.3 is 0 Å². The number of amides is 1. The summed E-state index contributed by atoms with van der Waals surface area (Å²) in [6.07, 6.45) is 3.15. The molecule has 1 amide bonds. The molecule has 1 fully saturated rings. The van der Waals surface area contributed by atoms with E-state index >= 15 is 0 Å². The Morgan fingerprint density at radius 2 is 2.14 bits per heavy atom. The van der Waals surface area contributed by atoms with Gasteiger partial charge in [0.05, 0.1) is 0 Å². The molecule has 21 heavy (non-hydrogen) atoms. The van der Waals surface area contributed by atoms with Gasteiger partial charge in [-0.1, -0.05) is 12.5 Å². The van der Waals surface area contributed by atoms with E-state index < -0.39 is 0 Å². The molecule has 5 nitrogen and oxygen atoms in total. The molecule has 0 spiro atoms. The van der Waals surface area contributed by atoms with Gasteiger partial charge in [-0.2, -0.15) is 0 Å². The van der Waals surface area contributed by atoms with Crippen molar-refractivity contribution < 1.29 is 14.3 Å². The van der Waals surface area contributed by atoms with Gasteiger partial charge in [-0.05, 0) is 43.0 Å². The molecular weight excluding hydrogens is 268 g/mol. The third-order valence-corrected chi connectivity index (χ3v) is 4.51. The van der Waals surface area contributed by atoms with E-state index in [0.29, 0.717) is 19.0 Å². The minimum absolute atomic E-state index is 0.0917. The summed E-state index contributed by atoms with van der Waals surface area (Å²) in [6, 6.07) is 5.82. The van der Waals surface area contributed by atoms with Crippen molar-refractivity contribution in [3.8, 4) is 11.5 Å². The molecule has 1 heterocycles. The van der Waals surface area contributed by atoms with Crippen molar-refractivity contribution in [3.05, 3.63) is 23.8 Å². The summed E-state index contributed by atoms with van der Waals surface area (Å²) >= 11 is 0. The lowest BCUT2D eigenvalue weighted by atomic mass is 9.95.